The maximum atomic E-state index is 12.2. The summed E-state index contributed by atoms with van der Waals surface area (Å²) < 4.78 is 9.24. The van der Waals surface area contributed by atoms with Crippen LogP contribution in [0, 0.1) is 6.92 Å². The van der Waals surface area contributed by atoms with Crippen molar-refractivity contribution in [1.29, 1.82) is 0 Å². The van der Waals surface area contributed by atoms with Crippen molar-refractivity contribution in [2.75, 3.05) is 6.61 Å². The van der Waals surface area contributed by atoms with Crippen molar-refractivity contribution in [3.05, 3.63) is 22.5 Å². The van der Waals surface area contributed by atoms with Crippen LogP contribution < -0.4 is 0 Å². The summed E-state index contributed by atoms with van der Waals surface area (Å²) in [5, 5.41) is 0.678. The maximum Gasteiger partial charge on any atom is 0.340 e. The van der Waals surface area contributed by atoms with Crippen molar-refractivity contribution in [2.24, 2.45) is 0 Å². The third kappa shape index (κ3) is 2.00. The zero-order valence-electron chi connectivity index (χ0n) is 11.3. The van der Waals surface area contributed by atoms with Gasteiger partial charge in [-0.25, -0.2) is 9.78 Å². The molecule has 0 amide bonds. The maximum absolute atomic E-state index is 12.2. The minimum absolute atomic E-state index is 0.322. The second kappa shape index (κ2) is 4.94. The summed E-state index contributed by atoms with van der Waals surface area (Å²) in [4.78, 5) is 28.6. The van der Waals surface area contributed by atoms with E-state index in [1.807, 2.05) is 6.92 Å². The van der Waals surface area contributed by atoms with Crippen LogP contribution in [0.2, 0.25) is 0 Å². The van der Waals surface area contributed by atoms with E-state index in [0.717, 1.165) is 28.9 Å². The highest BCUT2D eigenvalue weighted by Gasteiger charge is 2.33. The van der Waals surface area contributed by atoms with Crippen molar-refractivity contribution >= 4 is 34.0 Å². The lowest BCUT2D eigenvalue weighted by Crippen LogP contribution is -2.12. The quantitative estimate of drug-likeness (QED) is 0.639. The summed E-state index contributed by atoms with van der Waals surface area (Å²) in [5.74, 6) is -0.0244. The highest BCUT2D eigenvalue weighted by atomic mass is 32.1. The Labute approximate surface area is 120 Å². The SMILES string of the molecule is CCOC(=O)c1c(C2CC2)nc2snc(C=O)c2c1C. The summed E-state index contributed by atoms with van der Waals surface area (Å²) in [6.45, 7) is 3.94. The second-order valence-electron chi connectivity index (χ2n) is 4.86. The van der Waals surface area contributed by atoms with Crippen LogP contribution in [0.5, 0.6) is 0 Å². The van der Waals surface area contributed by atoms with Gasteiger partial charge in [0.25, 0.3) is 0 Å². The van der Waals surface area contributed by atoms with Crippen molar-refractivity contribution in [1.82, 2.24) is 9.36 Å². The molecule has 1 aliphatic carbocycles. The molecule has 1 saturated carbocycles. The number of nitrogens with zero attached hydrogens (tertiary/aromatic N) is 2. The first-order valence-electron chi connectivity index (χ1n) is 6.59. The number of rotatable bonds is 4. The first-order valence-corrected chi connectivity index (χ1v) is 7.36. The molecule has 0 radical (unpaired) electrons. The molecule has 20 heavy (non-hydrogen) atoms. The molecule has 1 aliphatic rings. The van der Waals surface area contributed by atoms with Gasteiger partial charge < -0.3 is 4.74 Å². The van der Waals surface area contributed by atoms with Crippen molar-refractivity contribution < 1.29 is 14.3 Å². The third-order valence-electron chi connectivity index (χ3n) is 3.48. The van der Waals surface area contributed by atoms with E-state index in [1.54, 1.807) is 6.92 Å². The van der Waals surface area contributed by atoms with Gasteiger partial charge in [0, 0.05) is 11.3 Å². The van der Waals surface area contributed by atoms with Gasteiger partial charge in [-0.15, -0.1) is 0 Å². The fourth-order valence-corrected chi connectivity index (χ4v) is 3.21. The predicted molar refractivity (Wildman–Crippen MR) is 75.5 cm³/mol. The normalized spacial score (nSPS) is 14.5. The molecule has 0 aromatic carbocycles. The Morgan fingerprint density at radius 1 is 1.50 bits per heavy atom. The molecule has 0 spiro atoms. The van der Waals surface area contributed by atoms with Gasteiger partial charge in [-0.05, 0) is 43.8 Å². The highest BCUT2D eigenvalue weighted by Crippen LogP contribution is 2.43. The number of fused-ring (bicyclic) bond motifs is 1. The van der Waals surface area contributed by atoms with Gasteiger partial charge in [-0.3, -0.25) is 4.79 Å². The lowest BCUT2D eigenvalue weighted by molar-refractivity contribution is 0.0523. The molecule has 6 heteroatoms. The van der Waals surface area contributed by atoms with E-state index in [0.29, 0.717) is 35.5 Å². The number of hydrogen-bond acceptors (Lipinski definition) is 6. The van der Waals surface area contributed by atoms with Crippen LogP contribution >= 0.6 is 11.5 Å². The number of hydrogen-bond donors (Lipinski definition) is 0. The average molecular weight is 290 g/mol. The van der Waals surface area contributed by atoms with E-state index < -0.39 is 0 Å². The van der Waals surface area contributed by atoms with Gasteiger partial charge in [0.1, 0.15) is 10.5 Å². The number of carbonyl (C=O) groups is 2. The van der Waals surface area contributed by atoms with Crippen LogP contribution in [0.15, 0.2) is 0 Å². The number of pyridine rings is 1. The van der Waals surface area contributed by atoms with Gasteiger partial charge in [-0.1, -0.05) is 0 Å². The molecule has 104 valence electrons. The van der Waals surface area contributed by atoms with Gasteiger partial charge in [0.2, 0.25) is 0 Å². The van der Waals surface area contributed by atoms with Crippen molar-refractivity contribution in [3.63, 3.8) is 0 Å². The molecule has 0 atom stereocenters. The van der Waals surface area contributed by atoms with Crippen LogP contribution in [-0.4, -0.2) is 28.2 Å². The molecule has 2 heterocycles. The van der Waals surface area contributed by atoms with Gasteiger partial charge >= 0.3 is 5.97 Å². The summed E-state index contributed by atoms with van der Waals surface area (Å²) in [6, 6.07) is 0. The fourth-order valence-electron chi connectivity index (χ4n) is 2.40. The minimum Gasteiger partial charge on any atom is -0.462 e. The molecule has 1 fully saturated rings. The number of esters is 1. The zero-order valence-corrected chi connectivity index (χ0v) is 12.1. The fraction of sp³-hybridized carbons (Fsp3) is 0.429. The molecule has 3 rings (SSSR count). The topological polar surface area (TPSA) is 69.2 Å². The largest absolute Gasteiger partial charge is 0.462 e. The first kappa shape index (κ1) is 13.2. The summed E-state index contributed by atoms with van der Waals surface area (Å²) in [7, 11) is 0. The Morgan fingerprint density at radius 3 is 2.85 bits per heavy atom. The number of carbonyl (C=O) groups excluding carboxylic acids is 2. The molecular formula is C14H14N2O3S. The van der Waals surface area contributed by atoms with E-state index in [2.05, 4.69) is 9.36 Å². The van der Waals surface area contributed by atoms with E-state index >= 15 is 0 Å². The lowest BCUT2D eigenvalue weighted by Gasteiger charge is -2.11. The number of aryl methyl sites for hydroxylation is 1. The van der Waals surface area contributed by atoms with Crippen molar-refractivity contribution in [2.45, 2.75) is 32.6 Å². The van der Waals surface area contributed by atoms with E-state index in [9.17, 15) is 9.59 Å². The molecule has 2 aromatic rings. The molecule has 0 saturated heterocycles. The summed E-state index contributed by atoms with van der Waals surface area (Å²) in [5.41, 5.74) is 2.42. The van der Waals surface area contributed by atoms with Gasteiger partial charge in [-0.2, -0.15) is 4.37 Å². The predicted octanol–water partition coefficient (Wildman–Crippen LogP) is 2.87. The highest BCUT2D eigenvalue weighted by molar-refractivity contribution is 7.13. The Bertz CT molecular complexity index is 704. The second-order valence-corrected chi connectivity index (χ2v) is 5.61. The van der Waals surface area contributed by atoms with Crippen molar-refractivity contribution in [3.8, 4) is 0 Å². The Hall–Kier alpha value is -1.82. The van der Waals surface area contributed by atoms with Gasteiger partial charge in [0.05, 0.1) is 17.9 Å². The Morgan fingerprint density at radius 2 is 2.25 bits per heavy atom. The van der Waals surface area contributed by atoms with Crippen LogP contribution in [0.4, 0.5) is 0 Å². The Balaban J connectivity index is 2.27. The molecule has 2 aromatic heterocycles. The monoisotopic (exact) mass is 290 g/mol. The molecule has 0 unspecified atom stereocenters. The van der Waals surface area contributed by atoms with E-state index in [-0.39, 0.29) is 5.97 Å². The third-order valence-corrected chi connectivity index (χ3v) is 4.24. The number of aromatic nitrogens is 2. The number of aldehydes is 1. The lowest BCUT2D eigenvalue weighted by atomic mass is 10.0. The molecule has 5 nitrogen and oxygen atoms in total. The van der Waals surface area contributed by atoms with E-state index in [4.69, 9.17) is 4.74 Å². The minimum atomic E-state index is -0.357. The van der Waals surface area contributed by atoms with Crippen LogP contribution in [-0.2, 0) is 4.74 Å². The average Bonchev–Trinajstić information content (AvgIpc) is 3.19. The van der Waals surface area contributed by atoms with E-state index in [1.165, 1.54) is 11.5 Å². The zero-order chi connectivity index (χ0) is 14.3. The first-order chi connectivity index (χ1) is 9.67. The summed E-state index contributed by atoms with van der Waals surface area (Å²) in [6.07, 6.45) is 2.80. The molecule has 0 N–H and O–H groups in total. The van der Waals surface area contributed by atoms with Crippen LogP contribution in [0.1, 0.15) is 57.8 Å². The molecule has 0 bridgehead atoms. The molecule has 0 aliphatic heterocycles. The number of ether oxygens (including phenoxy) is 1. The smallest absolute Gasteiger partial charge is 0.340 e. The van der Waals surface area contributed by atoms with Gasteiger partial charge in [0.15, 0.2) is 6.29 Å². The van der Waals surface area contributed by atoms with Crippen LogP contribution in [0.25, 0.3) is 10.2 Å². The summed E-state index contributed by atoms with van der Waals surface area (Å²) >= 11 is 1.20. The Kier molecular flexibility index (Phi) is 3.25. The standard InChI is InChI=1S/C14H14N2O3S/c1-3-19-14(18)11-7(2)10-9(6-17)16-20-13(10)15-12(11)8-4-5-8/h6,8H,3-5H2,1-2H3. The van der Waals surface area contributed by atoms with Crippen LogP contribution in [0.3, 0.4) is 0 Å². The molecular weight excluding hydrogens is 276 g/mol.